The first kappa shape index (κ1) is 26.5. The van der Waals surface area contributed by atoms with Crippen molar-refractivity contribution in [3.63, 3.8) is 0 Å². The standard InChI is InChI=1S/C32H34O5/c1-19-13-15-23(17-21(19)3)27(33)26(28(34)24-16-14-20(2)22(4)18-24)32(25-11-9-8-10-12-25)29(35)36-30(37-32)31(5,6)7/h8-18,26,30H,1-7H3/t30-,32-/m1/s1. The van der Waals surface area contributed by atoms with E-state index in [9.17, 15) is 14.4 Å². The highest BCUT2D eigenvalue weighted by Crippen LogP contribution is 2.47. The molecule has 1 heterocycles. The Morgan fingerprint density at radius 1 is 0.757 bits per heavy atom. The minimum absolute atomic E-state index is 0.344. The Kier molecular flexibility index (Phi) is 6.95. The van der Waals surface area contributed by atoms with Crippen LogP contribution in [0.15, 0.2) is 66.7 Å². The van der Waals surface area contributed by atoms with Crippen molar-refractivity contribution in [1.82, 2.24) is 0 Å². The average molecular weight is 499 g/mol. The maximum Gasteiger partial charge on any atom is 0.346 e. The van der Waals surface area contributed by atoms with Gasteiger partial charge in [0.1, 0.15) is 5.92 Å². The molecule has 2 atom stereocenters. The summed E-state index contributed by atoms with van der Waals surface area (Å²) in [4.78, 5) is 42.5. The highest BCUT2D eigenvalue weighted by atomic mass is 16.8. The van der Waals surface area contributed by atoms with E-state index in [4.69, 9.17) is 9.47 Å². The van der Waals surface area contributed by atoms with E-state index in [1.165, 1.54) is 0 Å². The molecule has 5 heteroatoms. The number of cyclic esters (lactones) is 1. The molecule has 0 aliphatic carbocycles. The van der Waals surface area contributed by atoms with Crippen molar-refractivity contribution in [2.45, 2.75) is 60.4 Å². The number of ketones is 2. The van der Waals surface area contributed by atoms with Gasteiger partial charge in [-0.1, -0.05) is 75.4 Å². The largest absolute Gasteiger partial charge is 0.433 e. The molecule has 1 fully saturated rings. The molecule has 0 aromatic heterocycles. The van der Waals surface area contributed by atoms with E-state index in [2.05, 4.69) is 0 Å². The number of carbonyl (C=O) groups is 3. The van der Waals surface area contributed by atoms with Crippen LogP contribution in [0.4, 0.5) is 0 Å². The second-order valence-electron chi connectivity index (χ2n) is 11.1. The Balaban J connectivity index is 1.99. The Morgan fingerprint density at radius 2 is 1.24 bits per heavy atom. The van der Waals surface area contributed by atoms with Crippen LogP contribution >= 0.6 is 0 Å². The minimum Gasteiger partial charge on any atom is -0.433 e. The second-order valence-corrected chi connectivity index (χ2v) is 11.1. The number of benzene rings is 3. The molecule has 192 valence electrons. The molecule has 37 heavy (non-hydrogen) atoms. The quantitative estimate of drug-likeness (QED) is 0.222. The molecule has 0 radical (unpaired) electrons. The van der Waals surface area contributed by atoms with E-state index in [-0.39, 0.29) is 0 Å². The summed E-state index contributed by atoms with van der Waals surface area (Å²) in [5.41, 5.74) is 2.46. The summed E-state index contributed by atoms with van der Waals surface area (Å²) in [5.74, 6) is -3.19. The van der Waals surface area contributed by atoms with E-state index in [0.29, 0.717) is 16.7 Å². The smallest absolute Gasteiger partial charge is 0.346 e. The third-order valence-electron chi connectivity index (χ3n) is 7.23. The molecule has 1 aliphatic rings. The minimum atomic E-state index is -1.94. The van der Waals surface area contributed by atoms with Gasteiger partial charge >= 0.3 is 5.97 Å². The molecule has 3 aromatic carbocycles. The van der Waals surface area contributed by atoms with Crippen molar-refractivity contribution >= 4 is 17.5 Å². The van der Waals surface area contributed by atoms with Crippen molar-refractivity contribution in [2.75, 3.05) is 0 Å². The number of hydrogen-bond acceptors (Lipinski definition) is 5. The fourth-order valence-corrected chi connectivity index (χ4v) is 4.61. The van der Waals surface area contributed by atoms with Gasteiger partial charge < -0.3 is 9.47 Å². The molecule has 1 saturated heterocycles. The molecule has 0 bridgehead atoms. The third-order valence-corrected chi connectivity index (χ3v) is 7.23. The summed E-state index contributed by atoms with van der Waals surface area (Å²) in [6, 6.07) is 19.4. The number of esters is 1. The highest BCUT2D eigenvalue weighted by molar-refractivity contribution is 6.19. The Labute approximate surface area is 218 Å². The van der Waals surface area contributed by atoms with E-state index in [1.807, 2.05) is 66.7 Å². The zero-order valence-corrected chi connectivity index (χ0v) is 22.5. The zero-order chi connectivity index (χ0) is 27.1. The lowest BCUT2D eigenvalue weighted by Crippen LogP contribution is -2.49. The van der Waals surface area contributed by atoms with Gasteiger partial charge in [0.25, 0.3) is 0 Å². The lowest BCUT2D eigenvalue weighted by atomic mass is 9.73. The lowest BCUT2D eigenvalue weighted by Gasteiger charge is -2.33. The number of hydrogen-bond donors (Lipinski definition) is 0. The molecular weight excluding hydrogens is 464 g/mol. The Morgan fingerprint density at radius 3 is 1.65 bits per heavy atom. The second kappa shape index (κ2) is 9.71. The first-order valence-corrected chi connectivity index (χ1v) is 12.5. The highest BCUT2D eigenvalue weighted by Gasteiger charge is 2.63. The first-order valence-electron chi connectivity index (χ1n) is 12.5. The van der Waals surface area contributed by atoms with Crippen molar-refractivity contribution < 1.29 is 23.9 Å². The van der Waals surface area contributed by atoms with Crippen molar-refractivity contribution in [1.29, 1.82) is 0 Å². The number of carbonyl (C=O) groups excluding carboxylic acids is 3. The summed E-state index contributed by atoms with van der Waals surface area (Å²) in [7, 11) is 0. The fraction of sp³-hybridized carbons (Fsp3) is 0.344. The van der Waals surface area contributed by atoms with Gasteiger partial charge in [0.2, 0.25) is 11.9 Å². The van der Waals surface area contributed by atoms with Crippen LogP contribution in [0.2, 0.25) is 0 Å². The van der Waals surface area contributed by atoms with E-state index in [1.54, 1.807) is 48.5 Å². The van der Waals surface area contributed by atoms with Crippen LogP contribution in [-0.4, -0.2) is 23.8 Å². The van der Waals surface area contributed by atoms with Crippen molar-refractivity contribution in [3.05, 3.63) is 106 Å². The maximum atomic E-state index is 14.3. The molecule has 0 saturated carbocycles. The topological polar surface area (TPSA) is 69.7 Å². The van der Waals surface area contributed by atoms with Gasteiger partial charge in [-0.05, 0) is 67.6 Å². The summed E-state index contributed by atoms with van der Waals surface area (Å²) < 4.78 is 12.2. The first-order chi connectivity index (χ1) is 17.4. The maximum absolute atomic E-state index is 14.3. The van der Waals surface area contributed by atoms with Crippen molar-refractivity contribution in [2.24, 2.45) is 11.3 Å². The monoisotopic (exact) mass is 498 g/mol. The molecule has 3 aromatic rings. The Hall–Kier alpha value is -3.57. The molecule has 4 rings (SSSR count). The predicted molar refractivity (Wildman–Crippen MR) is 143 cm³/mol. The van der Waals surface area contributed by atoms with Gasteiger partial charge in [-0.2, -0.15) is 0 Å². The van der Waals surface area contributed by atoms with E-state index < -0.39 is 40.8 Å². The molecule has 1 aliphatic heterocycles. The van der Waals surface area contributed by atoms with Crippen LogP contribution in [0.3, 0.4) is 0 Å². The van der Waals surface area contributed by atoms with Crippen LogP contribution in [0.1, 0.15) is 69.3 Å². The molecule has 0 spiro atoms. The van der Waals surface area contributed by atoms with Gasteiger partial charge in [0.15, 0.2) is 11.6 Å². The van der Waals surface area contributed by atoms with Gasteiger partial charge in [0, 0.05) is 16.5 Å². The van der Waals surface area contributed by atoms with Gasteiger partial charge in [-0.25, -0.2) is 4.79 Å². The van der Waals surface area contributed by atoms with Crippen LogP contribution in [0.5, 0.6) is 0 Å². The third kappa shape index (κ3) is 4.76. The van der Waals surface area contributed by atoms with E-state index in [0.717, 1.165) is 22.3 Å². The average Bonchev–Trinajstić information content (AvgIpc) is 3.21. The van der Waals surface area contributed by atoms with Crippen LogP contribution < -0.4 is 0 Å². The molecule has 0 unspecified atom stereocenters. The van der Waals surface area contributed by atoms with Crippen LogP contribution in [-0.2, 0) is 19.9 Å². The number of aryl methyl sites for hydroxylation is 4. The summed E-state index contributed by atoms with van der Waals surface area (Å²) >= 11 is 0. The number of rotatable bonds is 6. The molecule has 5 nitrogen and oxygen atoms in total. The summed E-state index contributed by atoms with van der Waals surface area (Å²) in [6.45, 7) is 13.4. The van der Waals surface area contributed by atoms with Gasteiger partial charge in [-0.3, -0.25) is 9.59 Å². The van der Waals surface area contributed by atoms with Crippen molar-refractivity contribution in [3.8, 4) is 0 Å². The normalized spacial score (nSPS) is 19.7. The zero-order valence-electron chi connectivity index (χ0n) is 22.5. The van der Waals surface area contributed by atoms with E-state index >= 15 is 0 Å². The van der Waals surface area contributed by atoms with Crippen LogP contribution in [0, 0.1) is 39.0 Å². The summed E-state index contributed by atoms with van der Waals surface area (Å²) in [5, 5.41) is 0. The van der Waals surface area contributed by atoms with Gasteiger partial charge in [0.05, 0.1) is 0 Å². The predicted octanol–water partition coefficient (Wildman–Crippen LogP) is 6.44. The number of Topliss-reactive ketones (excluding diaryl/α,β-unsaturated/α-hetero) is 2. The molecular formula is C32H34O5. The number of ether oxygens (including phenoxy) is 2. The fourth-order valence-electron chi connectivity index (χ4n) is 4.61. The SMILES string of the molecule is Cc1ccc(C(=O)C(C(=O)c2ccc(C)c(C)c2)[C@@]2(c3ccccc3)O[C@H](C(C)(C)C)OC2=O)cc1C. The van der Waals surface area contributed by atoms with Gasteiger partial charge in [-0.15, -0.1) is 0 Å². The van der Waals surface area contributed by atoms with Crippen LogP contribution in [0.25, 0.3) is 0 Å². The lowest BCUT2D eigenvalue weighted by molar-refractivity contribution is -0.157. The molecule has 0 amide bonds. The molecule has 0 N–H and O–H groups in total. The Bertz CT molecular complexity index is 1300. The summed E-state index contributed by atoms with van der Waals surface area (Å²) in [6.07, 6.45) is -0.942.